The average Bonchev–Trinajstić information content (AvgIpc) is 2.52. The zero-order chi connectivity index (χ0) is 15.3. The standard InChI is InChI=1S/C16H27NO4/c1-3-17(4-2)15-5-7-16(8-6-15)21-14-13-20-12-11-19-10-9-18/h5-8,18H,3-4,9-14H2,1-2H3. The minimum absolute atomic E-state index is 0.0482. The van der Waals surface area contributed by atoms with Gasteiger partial charge in [-0.15, -0.1) is 0 Å². The van der Waals surface area contributed by atoms with E-state index in [2.05, 4.69) is 30.9 Å². The molecular formula is C16H27NO4. The number of aliphatic hydroxyl groups is 1. The third-order valence-electron chi connectivity index (χ3n) is 3.07. The number of hydrogen-bond acceptors (Lipinski definition) is 5. The first kappa shape index (κ1) is 17.8. The Morgan fingerprint density at radius 3 is 2.00 bits per heavy atom. The molecule has 0 amide bonds. The van der Waals surface area contributed by atoms with Crippen molar-refractivity contribution in [2.75, 3.05) is 57.6 Å². The SMILES string of the molecule is CCN(CC)c1ccc(OCCOCCOCCO)cc1. The number of hydrogen-bond donors (Lipinski definition) is 1. The largest absolute Gasteiger partial charge is 0.491 e. The van der Waals surface area contributed by atoms with Crippen LogP contribution in [0.5, 0.6) is 5.75 Å². The van der Waals surface area contributed by atoms with Gasteiger partial charge in [-0.05, 0) is 38.1 Å². The van der Waals surface area contributed by atoms with Crippen molar-refractivity contribution in [3.05, 3.63) is 24.3 Å². The van der Waals surface area contributed by atoms with Crippen LogP contribution in [-0.2, 0) is 9.47 Å². The van der Waals surface area contributed by atoms with E-state index in [4.69, 9.17) is 19.3 Å². The van der Waals surface area contributed by atoms with E-state index in [9.17, 15) is 0 Å². The van der Waals surface area contributed by atoms with E-state index < -0.39 is 0 Å². The first-order chi connectivity index (χ1) is 10.3. The van der Waals surface area contributed by atoms with Gasteiger partial charge in [0, 0.05) is 18.8 Å². The molecule has 1 N–H and O–H groups in total. The van der Waals surface area contributed by atoms with Crippen LogP contribution in [-0.4, -0.2) is 57.8 Å². The number of nitrogens with zero attached hydrogens (tertiary/aromatic N) is 1. The molecule has 0 aromatic heterocycles. The topological polar surface area (TPSA) is 51.2 Å². The quantitative estimate of drug-likeness (QED) is 0.598. The van der Waals surface area contributed by atoms with Crippen molar-refractivity contribution in [3.63, 3.8) is 0 Å². The summed E-state index contributed by atoms with van der Waals surface area (Å²) < 4.78 is 16.1. The molecule has 5 heteroatoms. The maximum atomic E-state index is 8.53. The molecule has 0 saturated carbocycles. The van der Waals surface area contributed by atoms with Gasteiger partial charge >= 0.3 is 0 Å². The van der Waals surface area contributed by atoms with Crippen LogP contribution in [0.25, 0.3) is 0 Å². The van der Waals surface area contributed by atoms with Crippen LogP contribution in [0.3, 0.4) is 0 Å². The lowest BCUT2D eigenvalue weighted by molar-refractivity contribution is 0.0247. The van der Waals surface area contributed by atoms with Gasteiger partial charge in [0.25, 0.3) is 0 Å². The Balaban J connectivity index is 2.15. The highest BCUT2D eigenvalue weighted by molar-refractivity contribution is 5.48. The molecule has 0 unspecified atom stereocenters. The Bertz CT molecular complexity index is 352. The van der Waals surface area contributed by atoms with Crippen LogP contribution in [0.4, 0.5) is 5.69 Å². The van der Waals surface area contributed by atoms with Gasteiger partial charge in [0.1, 0.15) is 12.4 Å². The van der Waals surface area contributed by atoms with Crippen molar-refractivity contribution in [2.24, 2.45) is 0 Å². The second kappa shape index (κ2) is 11.4. The second-order valence-corrected chi connectivity index (χ2v) is 4.46. The predicted molar refractivity (Wildman–Crippen MR) is 84.2 cm³/mol. The van der Waals surface area contributed by atoms with E-state index >= 15 is 0 Å². The summed E-state index contributed by atoms with van der Waals surface area (Å²) in [5, 5.41) is 8.53. The fourth-order valence-corrected chi connectivity index (χ4v) is 1.95. The summed E-state index contributed by atoms with van der Waals surface area (Å²) in [7, 11) is 0. The molecule has 21 heavy (non-hydrogen) atoms. The summed E-state index contributed by atoms with van der Waals surface area (Å²) in [6, 6.07) is 8.12. The number of ether oxygens (including phenoxy) is 3. The molecule has 1 aromatic rings. The zero-order valence-corrected chi connectivity index (χ0v) is 13.1. The third-order valence-corrected chi connectivity index (χ3v) is 3.07. The Morgan fingerprint density at radius 1 is 0.857 bits per heavy atom. The minimum atomic E-state index is 0.0482. The highest BCUT2D eigenvalue weighted by Gasteiger charge is 2.01. The molecule has 0 saturated heterocycles. The zero-order valence-electron chi connectivity index (χ0n) is 13.1. The van der Waals surface area contributed by atoms with Gasteiger partial charge in [0.15, 0.2) is 0 Å². The van der Waals surface area contributed by atoms with Crippen molar-refractivity contribution in [2.45, 2.75) is 13.8 Å². The van der Waals surface area contributed by atoms with Crippen LogP contribution < -0.4 is 9.64 Å². The van der Waals surface area contributed by atoms with Crippen LogP contribution in [0.15, 0.2) is 24.3 Å². The van der Waals surface area contributed by atoms with Gasteiger partial charge in [-0.25, -0.2) is 0 Å². The van der Waals surface area contributed by atoms with Crippen molar-refractivity contribution < 1.29 is 19.3 Å². The molecule has 120 valence electrons. The summed E-state index contributed by atoms with van der Waals surface area (Å²) in [5.74, 6) is 0.853. The van der Waals surface area contributed by atoms with Crippen LogP contribution in [0, 0.1) is 0 Å². The maximum absolute atomic E-state index is 8.53. The van der Waals surface area contributed by atoms with E-state index in [-0.39, 0.29) is 6.61 Å². The van der Waals surface area contributed by atoms with Crippen molar-refractivity contribution in [1.82, 2.24) is 0 Å². The lowest BCUT2D eigenvalue weighted by atomic mass is 10.2. The first-order valence-electron chi connectivity index (χ1n) is 7.56. The molecule has 0 aliphatic carbocycles. The van der Waals surface area contributed by atoms with Gasteiger partial charge < -0.3 is 24.2 Å². The van der Waals surface area contributed by atoms with E-state index in [0.29, 0.717) is 33.0 Å². The van der Waals surface area contributed by atoms with Gasteiger partial charge in [-0.3, -0.25) is 0 Å². The Hall–Kier alpha value is -1.30. The number of rotatable bonds is 12. The fraction of sp³-hybridized carbons (Fsp3) is 0.625. The van der Waals surface area contributed by atoms with Gasteiger partial charge in [-0.2, -0.15) is 0 Å². The third kappa shape index (κ3) is 7.32. The normalized spacial score (nSPS) is 10.6. The monoisotopic (exact) mass is 297 g/mol. The molecule has 1 aromatic carbocycles. The first-order valence-corrected chi connectivity index (χ1v) is 7.56. The van der Waals surface area contributed by atoms with Gasteiger partial charge in [-0.1, -0.05) is 0 Å². The molecule has 5 nitrogen and oxygen atoms in total. The molecule has 1 rings (SSSR count). The van der Waals surface area contributed by atoms with E-state index in [1.54, 1.807) is 0 Å². The van der Waals surface area contributed by atoms with Crippen molar-refractivity contribution in [1.29, 1.82) is 0 Å². The van der Waals surface area contributed by atoms with Gasteiger partial charge in [0.05, 0.1) is 33.0 Å². The Morgan fingerprint density at radius 2 is 1.43 bits per heavy atom. The van der Waals surface area contributed by atoms with E-state index in [1.165, 1.54) is 5.69 Å². The number of aliphatic hydroxyl groups excluding tert-OH is 1. The van der Waals surface area contributed by atoms with E-state index in [1.807, 2.05) is 12.1 Å². The molecule has 0 fully saturated rings. The number of benzene rings is 1. The highest BCUT2D eigenvalue weighted by Crippen LogP contribution is 2.19. The minimum Gasteiger partial charge on any atom is -0.491 e. The van der Waals surface area contributed by atoms with Crippen LogP contribution in [0.2, 0.25) is 0 Å². The molecule has 0 aliphatic rings. The molecule has 0 spiro atoms. The predicted octanol–water partition coefficient (Wildman–Crippen LogP) is 1.94. The summed E-state index contributed by atoms with van der Waals surface area (Å²) in [6.45, 7) is 8.77. The lowest BCUT2D eigenvalue weighted by Crippen LogP contribution is -2.21. The lowest BCUT2D eigenvalue weighted by Gasteiger charge is -2.21. The van der Waals surface area contributed by atoms with Crippen LogP contribution >= 0.6 is 0 Å². The maximum Gasteiger partial charge on any atom is 0.119 e. The number of anilines is 1. The fourth-order valence-electron chi connectivity index (χ4n) is 1.95. The molecular weight excluding hydrogens is 270 g/mol. The van der Waals surface area contributed by atoms with Crippen LogP contribution in [0.1, 0.15) is 13.8 Å². The Kier molecular flexibility index (Phi) is 9.61. The smallest absolute Gasteiger partial charge is 0.119 e. The Labute approximate surface area is 127 Å². The van der Waals surface area contributed by atoms with Crippen molar-refractivity contribution in [3.8, 4) is 5.75 Å². The van der Waals surface area contributed by atoms with Crippen molar-refractivity contribution >= 4 is 5.69 Å². The molecule has 0 heterocycles. The highest BCUT2D eigenvalue weighted by atomic mass is 16.5. The van der Waals surface area contributed by atoms with Gasteiger partial charge in [0.2, 0.25) is 0 Å². The van der Waals surface area contributed by atoms with E-state index in [0.717, 1.165) is 18.8 Å². The summed E-state index contributed by atoms with van der Waals surface area (Å²) in [6.07, 6.45) is 0. The summed E-state index contributed by atoms with van der Waals surface area (Å²) >= 11 is 0. The second-order valence-electron chi connectivity index (χ2n) is 4.46. The molecule has 0 bridgehead atoms. The summed E-state index contributed by atoms with van der Waals surface area (Å²) in [4.78, 5) is 2.29. The molecule has 0 aliphatic heterocycles. The molecule has 0 radical (unpaired) electrons. The average molecular weight is 297 g/mol. The molecule has 0 atom stereocenters. The summed E-state index contributed by atoms with van der Waals surface area (Å²) in [5.41, 5.74) is 1.21.